The standard InChI is InChI=1S/C50H52N6O4/c1-53-25-29-55(30-26-53)44-21-19-43(20-22-44)51-50(58)42-13-8-14-46(34-42)60-37-40-12-7-11-39(33-40)35-54-27-31-56(32-28-54)48-16-6-5-15-47(48)52-49(57)41-17-23-45(24-18-41)59-36-38-9-3-2-4-10-38/h2-24,33-34H,25-32,35-37H2,1H3,(H,51,58)(H,52,57). The molecule has 0 radical (unpaired) electrons. The Hall–Kier alpha value is -6.62. The predicted molar refractivity (Wildman–Crippen MR) is 240 cm³/mol. The van der Waals surface area contributed by atoms with E-state index in [4.69, 9.17) is 9.47 Å². The van der Waals surface area contributed by atoms with E-state index in [1.54, 1.807) is 24.3 Å². The molecule has 2 aliphatic rings. The van der Waals surface area contributed by atoms with Gasteiger partial charge in [0.1, 0.15) is 24.7 Å². The van der Waals surface area contributed by atoms with Crippen LogP contribution in [0.4, 0.5) is 22.7 Å². The van der Waals surface area contributed by atoms with Crippen LogP contribution in [0.15, 0.2) is 152 Å². The van der Waals surface area contributed by atoms with E-state index in [0.717, 1.165) is 92.8 Å². The molecular weight excluding hydrogens is 749 g/mol. The van der Waals surface area contributed by atoms with Gasteiger partial charge in [-0.3, -0.25) is 14.5 Å². The molecule has 0 spiro atoms. The zero-order valence-corrected chi connectivity index (χ0v) is 34.1. The van der Waals surface area contributed by atoms with Crippen LogP contribution >= 0.6 is 0 Å². The van der Waals surface area contributed by atoms with E-state index in [2.05, 4.69) is 79.7 Å². The van der Waals surface area contributed by atoms with E-state index < -0.39 is 0 Å². The SMILES string of the molecule is CN1CCN(c2ccc(NC(=O)c3cccc(OCc4cccc(CN5CCN(c6ccccc6NC(=O)c6ccc(OCc7ccccc7)cc6)CC5)c4)c3)cc2)CC1. The van der Waals surface area contributed by atoms with Gasteiger partial charge in [-0.25, -0.2) is 0 Å². The van der Waals surface area contributed by atoms with Crippen molar-refractivity contribution in [1.82, 2.24) is 9.80 Å². The molecular formula is C50H52N6O4. The molecule has 6 aromatic carbocycles. The quantitative estimate of drug-likeness (QED) is 0.114. The fraction of sp³-hybridized carbons (Fsp3) is 0.240. The minimum atomic E-state index is -0.171. The number of carbonyl (C=O) groups excluding carboxylic acids is 2. The van der Waals surface area contributed by atoms with Crippen molar-refractivity contribution in [2.45, 2.75) is 19.8 Å². The number of hydrogen-bond donors (Lipinski definition) is 2. The van der Waals surface area contributed by atoms with E-state index in [0.29, 0.717) is 30.1 Å². The maximum absolute atomic E-state index is 13.3. The molecule has 0 aliphatic carbocycles. The first-order chi connectivity index (χ1) is 29.4. The molecule has 10 nitrogen and oxygen atoms in total. The third kappa shape index (κ3) is 10.7. The Morgan fingerprint density at radius 3 is 1.93 bits per heavy atom. The second kappa shape index (κ2) is 19.4. The topological polar surface area (TPSA) is 89.6 Å². The maximum Gasteiger partial charge on any atom is 0.255 e. The highest BCUT2D eigenvalue weighted by atomic mass is 16.5. The molecule has 2 heterocycles. The van der Waals surface area contributed by atoms with Gasteiger partial charge in [-0.1, -0.05) is 72.8 Å². The lowest BCUT2D eigenvalue weighted by Crippen LogP contribution is -2.46. The molecule has 6 aromatic rings. The van der Waals surface area contributed by atoms with Gasteiger partial charge in [0.05, 0.1) is 11.4 Å². The number of piperazine rings is 2. The first kappa shape index (κ1) is 40.2. The van der Waals surface area contributed by atoms with Crippen LogP contribution in [0.5, 0.6) is 11.5 Å². The molecule has 8 rings (SSSR count). The minimum Gasteiger partial charge on any atom is -0.489 e. The van der Waals surface area contributed by atoms with Crippen molar-refractivity contribution in [2.75, 3.05) is 79.8 Å². The van der Waals surface area contributed by atoms with Crippen LogP contribution in [-0.4, -0.2) is 81.0 Å². The van der Waals surface area contributed by atoms with Crippen molar-refractivity contribution in [3.05, 3.63) is 179 Å². The molecule has 2 saturated heterocycles. The summed E-state index contributed by atoms with van der Waals surface area (Å²) in [6.45, 7) is 9.27. The molecule has 2 N–H and O–H groups in total. The molecule has 0 aromatic heterocycles. The van der Waals surface area contributed by atoms with E-state index in [1.165, 1.54) is 11.3 Å². The number of benzene rings is 6. The first-order valence-corrected chi connectivity index (χ1v) is 20.7. The summed E-state index contributed by atoms with van der Waals surface area (Å²) in [6, 6.07) is 49.2. The Balaban J connectivity index is 0.795. The molecule has 0 unspecified atom stereocenters. The first-order valence-electron chi connectivity index (χ1n) is 20.7. The van der Waals surface area contributed by atoms with Crippen LogP contribution in [-0.2, 0) is 19.8 Å². The van der Waals surface area contributed by atoms with Gasteiger partial charge in [-0.2, -0.15) is 0 Å². The third-order valence-electron chi connectivity index (χ3n) is 11.1. The Morgan fingerprint density at radius 1 is 0.517 bits per heavy atom. The van der Waals surface area contributed by atoms with Crippen molar-refractivity contribution in [3.63, 3.8) is 0 Å². The Kier molecular flexibility index (Phi) is 13.0. The predicted octanol–water partition coefficient (Wildman–Crippen LogP) is 8.42. The third-order valence-corrected chi connectivity index (χ3v) is 11.1. The number of likely N-dealkylation sites (N-methyl/N-ethyl adjacent to an activating group) is 1. The Morgan fingerprint density at radius 2 is 1.15 bits per heavy atom. The van der Waals surface area contributed by atoms with Crippen LogP contribution in [0.3, 0.4) is 0 Å². The summed E-state index contributed by atoms with van der Waals surface area (Å²) in [5.41, 5.74) is 8.26. The van der Waals surface area contributed by atoms with Crippen LogP contribution in [0.1, 0.15) is 37.4 Å². The fourth-order valence-corrected chi connectivity index (χ4v) is 7.63. The average molecular weight is 801 g/mol. The highest BCUT2D eigenvalue weighted by molar-refractivity contribution is 6.06. The Labute approximate surface area is 353 Å². The van der Waals surface area contributed by atoms with Crippen molar-refractivity contribution >= 4 is 34.6 Å². The molecule has 306 valence electrons. The number of rotatable bonds is 14. The second-order valence-electron chi connectivity index (χ2n) is 15.5. The van der Waals surface area contributed by atoms with Gasteiger partial charge in [-0.05, 0) is 103 Å². The highest BCUT2D eigenvalue weighted by Crippen LogP contribution is 2.28. The largest absolute Gasteiger partial charge is 0.489 e. The minimum absolute atomic E-state index is 0.156. The van der Waals surface area contributed by atoms with Gasteiger partial charge in [0.15, 0.2) is 0 Å². The summed E-state index contributed by atoms with van der Waals surface area (Å²) in [5.74, 6) is 1.04. The van der Waals surface area contributed by atoms with E-state index >= 15 is 0 Å². The fourth-order valence-electron chi connectivity index (χ4n) is 7.63. The second-order valence-corrected chi connectivity index (χ2v) is 15.5. The molecule has 0 saturated carbocycles. The van der Waals surface area contributed by atoms with Gasteiger partial charge >= 0.3 is 0 Å². The monoisotopic (exact) mass is 800 g/mol. The summed E-state index contributed by atoms with van der Waals surface area (Å²) < 4.78 is 12.1. The number of carbonyl (C=O) groups is 2. The summed E-state index contributed by atoms with van der Waals surface area (Å²) in [4.78, 5) is 36.0. The maximum atomic E-state index is 13.3. The van der Waals surface area contributed by atoms with Crippen LogP contribution in [0, 0.1) is 0 Å². The Bertz CT molecular complexity index is 2340. The summed E-state index contributed by atoms with van der Waals surface area (Å²) in [5, 5.41) is 6.17. The molecule has 2 aliphatic heterocycles. The lowest BCUT2D eigenvalue weighted by Gasteiger charge is -2.37. The van der Waals surface area contributed by atoms with Crippen molar-refractivity contribution in [2.24, 2.45) is 0 Å². The lowest BCUT2D eigenvalue weighted by atomic mass is 10.1. The molecule has 2 fully saturated rings. The van der Waals surface area contributed by atoms with E-state index in [-0.39, 0.29) is 11.8 Å². The lowest BCUT2D eigenvalue weighted by molar-refractivity contribution is 0.101. The van der Waals surface area contributed by atoms with Gasteiger partial charge < -0.3 is 34.8 Å². The van der Waals surface area contributed by atoms with Gasteiger partial charge in [0.25, 0.3) is 11.8 Å². The van der Waals surface area contributed by atoms with Crippen LogP contribution < -0.4 is 29.9 Å². The normalized spacial score (nSPS) is 14.7. The molecule has 10 heteroatoms. The number of hydrogen-bond acceptors (Lipinski definition) is 8. The molecule has 0 atom stereocenters. The van der Waals surface area contributed by atoms with E-state index in [1.807, 2.05) is 84.9 Å². The highest BCUT2D eigenvalue weighted by Gasteiger charge is 2.21. The van der Waals surface area contributed by atoms with Crippen LogP contribution in [0.2, 0.25) is 0 Å². The summed E-state index contributed by atoms with van der Waals surface area (Å²) >= 11 is 0. The van der Waals surface area contributed by atoms with Crippen molar-refractivity contribution in [1.29, 1.82) is 0 Å². The van der Waals surface area contributed by atoms with Gasteiger partial charge in [0, 0.05) is 81.4 Å². The number of amides is 2. The van der Waals surface area contributed by atoms with Gasteiger partial charge in [0.2, 0.25) is 0 Å². The number of nitrogens with zero attached hydrogens (tertiary/aromatic N) is 4. The van der Waals surface area contributed by atoms with E-state index in [9.17, 15) is 9.59 Å². The van der Waals surface area contributed by atoms with Crippen molar-refractivity contribution in [3.8, 4) is 11.5 Å². The molecule has 60 heavy (non-hydrogen) atoms. The zero-order valence-electron chi connectivity index (χ0n) is 34.1. The molecule has 0 bridgehead atoms. The number of nitrogens with one attached hydrogen (secondary N) is 2. The average Bonchev–Trinajstić information content (AvgIpc) is 3.29. The van der Waals surface area contributed by atoms with Crippen molar-refractivity contribution < 1.29 is 19.1 Å². The summed E-state index contributed by atoms with van der Waals surface area (Å²) in [6.07, 6.45) is 0. The zero-order chi connectivity index (χ0) is 41.1. The number of para-hydroxylation sites is 2. The number of anilines is 4. The van der Waals surface area contributed by atoms with Gasteiger partial charge in [-0.15, -0.1) is 0 Å². The van der Waals surface area contributed by atoms with Crippen LogP contribution in [0.25, 0.3) is 0 Å². The summed E-state index contributed by atoms with van der Waals surface area (Å²) in [7, 11) is 2.15. The molecule has 2 amide bonds. The number of ether oxygens (including phenoxy) is 2. The smallest absolute Gasteiger partial charge is 0.255 e.